The quantitative estimate of drug-likeness (QED) is 0.366. The Morgan fingerprint density at radius 1 is 1.12 bits per heavy atom. The number of unbranched alkanes of at least 4 members (excludes halogenated alkanes) is 2. The van der Waals surface area contributed by atoms with Crippen LogP contribution in [-0.2, 0) is 4.79 Å². The van der Waals surface area contributed by atoms with E-state index in [-0.39, 0.29) is 5.91 Å². The molecular weight excluding hydrogens is 312 g/mol. The van der Waals surface area contributed by atoms with Gasteiger partial charge in [0, 0.05) is 24.4 Å². The van der Waals surface area contributed by atoms with Crippen LogP contribution >= 0.6 is 0 Å². The first-order valence-corrected chi connectivity index (χ1v) is 7.73. The third-order valence-electron chi connectivity index (χ3n) is 3.64. The molecule has 0 aliphatic carbocycles. The summed E-state index contributed by atoms with van der Waals surface area (Å²) in [5.74, 6) is 1.62. The second-order valence-corrected chi connectivity index (χ2v) is 5.22. The highest BCUT2D eigenvalue weighted by atomic mass is 16.5. The van der Waals surface area contributed by atoms with Gasteiger partial charge in [0.2, 0.25) is 5.91 Å². The number of aromatic nitrogens is 2. The SMILES string of the molecule is COc1cc2ncnc(NCCCCCC(=O)NO)c2cc1OC. The number of fused-ring (bicyclic) bond motifs is 1. The number of nitrogens with one attached hydrogen (secondary N) is 2. The average Bonchev–Trinajstić information content (AvgIpc) is 2.62. The van der Waals surface area contributed by atoms with Crippen molar-refractivity contribution in [2.75, 3.05) is 26.1 Å². The number of hydroxylamine groups is 1. The third kappa shape index (κ3) is 4.45. The highest BCUT2D eigenvalue weighted by Crippen LogP contribution is 2.33. The number of benzene rings is 1. The summed E-state index contributed by atoms with van der Waals surface area (Å²) in [4.78, 5) is 19.4. The normalized spacial score (nSPS) is 10.5. The lowest BCUT2D eigenvalue weighted by atomic mass is 10.2. The van der Waals surface area contributed by atoms with E-state index in [0.29, 0.717) is 17.9 Å². The summed E-state index contributed by atoms with van der Waals surface area (Å²) < 4.78 is 10.6. The van der Waals surface area contributed by atoms with E-state index in [1.54, 1.807) is 19.7 Å². The lowest BCUT2D eigenvalue weighted by Crippen LogP contribution is -2.17. The van der Waals surface area contributed by atoms with Gasteiger partial charge in [0.05, 0.1) is 19.7 Å². The molecule has 2 rings (SSSR count). The van der Waals surface area contributed by atoms with E-state index in [4.69, 9.17) is 14.7 Å². The minimum atomic E-state index is -0.356. The van der Waals surface area contributed by atoms with Crippen molar-refractivity contribution in [3.63, 3.8) is 0 Å². The monoisotopic (exact) mass is 334 g/mol. The van der Waals surface area contributed by atoms with Gasteiger partial charge in [-0.15, -0.1) is 0 Å². The molecule has 8 nitrogen and oxygen atoms in total. The van der Waals surface area contributed by atoms with E-state index in [1.807, 2.05) is 12.1 Å². The summed E-state index contributed by atoms with van der Waals surface area (Å²) >= 11 is 0. The van der Waals surface area contributed by atoms with Crippen LogP contribution in [0.4, 0.5) is 5.82 Å². The van der Waals surface area contributed by atoms with Crippen molar-refractivity contribution in [1.82, 2.24) is 15.4 Å². The lowest BCUT2D eigenvalue weighted by molar-refractivity contribution is -0.129. The van der Waals surface area contributed by atoms with Crippen molar-refractivity contribution in [3.05, 3.63) is 18.5 Å². The lowest BCUT2D eigenvalue weighted by Gasteiger charge is -2.12. The Balaban J connectivity index is 1.98. The predicted molar refractivity (Wildman–Crippen MR) is 89.5 cm³/mol. The summed E-state index contributed by atoms with van der Waals surface area (Å²) in [6, 6.07) is 3.66. The van der Waals surface area contributed by atoms with Crippen LogP contribution in [0.3, 0.4) is 0 Å². The number of hydrogen-bond donors (Lipinski definition) is 3. The van der Waals surface area contributed by atoms with Crippen LogP contribution in [0.1, 0.15) is 25.7 Å². The molecular formula is C16H22N4O4. The van der Waals surface area contributed by atoms with Crippen LogP contribution in [-0.4, -0.2) is 41.8 Å². The Hall–Kier alpha value is -2.61. The number of nitrogens with zero attached hydrogens (tertiary/aromatic N) is 2. The van der Waals surface area contributed by atoms with Gasteiger partial charge in [-0.05, 0) is 18.9 Å². The smallest absolute Gasteiger partial charge is 0.243 e. The van der Waals surface area contributed by atoms with Gasteiger partial charge in [-0.1, -0.05) is 6.42 Å². The van der Waals surface area contributed by atoms with Crippen molar-refractivity contribution in [1.29, 1.82) is 0 Å². The molecule has 2 aromatic rings. The molecule has 0 spiro atoms. The van der Waals surface area contributed by atoms with Gasteiger partial charge in [-0.25, -0.2) is 15.4 Å². The number of carbonyl (C=O) groups excluding carboxylic acids is 1. The van der Waals surface area contributed by atoms with E-state index < -0.39 is 0 Å². The minimum absolute atomic E-state index is 0.323. The largest absolute Gasteiger partial charge is 0.493 e. The second-order valence-electron chi connectivity index (χ2n) is 5.22. The molecule has 8 heteroatoms. The van der Waals surface area contributed by atoms with Gasteiger partial charge in [0.1, 0.15) is 12.1 Å². The zero-order valence-corrected chi connectivity index (χ0v) is 13.8. The maximum Gasteiger partial charge on any atom is 0.243 e. The fraction of sp³-hybridized carbons (Fsp3) is 0.438. The molecule has 0 saturated heterocycles. The molecule has 0 atom stereocenters. The van der Waals surface area contributed by atoms with Crippen LogP contribution < -0.4 is 20.3 Å². The summed E-state index contributed by atoms with van der Waals surface area (Å²) in [5, 5.41) is 12.6. The minimum Gasteiger partial charge on any atom is -0.493 e. The van der Waals surface area contributed by atoms with Gasteiger partial charge in [0.15, 0.2) is 11.5 Å². The highest BCUT2D eigenvalue weighted by Gasteiger charge is 2.10. The molecule has 3 N–H and O–H groups in total. The van der Waals surface area contributed by atoms with Gasteiger partial charge >= 0.3 is 0 Å². The fourth-order valence-corrected chi connectivity index (χ4v) is 2.37. The number of rotatable bonds is 9. The van der Waals surface area contributed by atoms with Crippen molar-refractivity contribution in [3.8, 4) is 11.5 Å². The predicted octanol–water partition coefficient (Wildman–Crippen LogP) is 2.12. The fourth-order valence-electron chi connectivity index (χ4n) is 2.37. The number of amides is 1. The van der Waals surface area contributed by atoms with Crippen molar-refractivity contribution >= 4 is 22.6 Å². The second kappa shape index (κ2) is 8.88. The van der Waals surface area contributed by atoms with E-state index in [2.05, 4.69) is 15.3 Å². The van der Waals surface area contributed by atoms with Crippen LogP contribution in [0.25, 0.3) is 10.9 Å². The Kier molecular flexibility index (Phi) is 6.56. The van der Waals surface area contributed by atoms with E-state index in [1.165, 1.54) is 6.33 Å². The summed E-state index contributed by atoms with van der Waals surface area (Å²) in [7, 11) is 3.17. The first-order valence-electron chi connectivity index (χ1n) is 7.73. The Labute approximate surface area is 140 Å². The zero-order valence-electron chi connectivity index (χ0n) is 13.8. The van der Waals surface area contributed by atoms with Gasteiger partial charge in [-0.3, -0.25) is 10.0 Å². The molecule has 1 heterocycles. The average molecular weight is 334 g/mol. The Morgan fingerprint density at radius 3 is 2.58 bits per heavy atom. The molecule has 130 valence electrons. The van der Waals surface area contributed by atoms with Gasteiger partial charge < -0.3 is 14.8 Å². The molecule has 1 amide bonds. The molecule has 24 heavy (non-hydrogen) atoms. The molecule has 0 bridgehead atoms. The molecule has 0 aliphatic heterocycles. The summed E-state index contributed by atoms with van der Waals surface area (Å²) in [5.41, 5.74) is 2.40. The number of anilines is 1. The number of carbonyl (C=O) groups is 1. The first-order chi connectivity index (χ1) is 11.7. The van der Waals surface area contributed by atoms with Crippen LogP contribution in [0.5, 0.6) is 11.5 Å². The zero-order chi connectivity index (χ0) is 17.4. The number of methoxy groups -OCH3 is 2. The molecule has 0 fully saturated rings. The van der Waals surface area contributed by atoms with Crippen molar-refractivity contribution in [2.24, 2.45) is 0 Å². The third-order valence-corrected chi connectivity index (χ3v) is 3.64. The first kappa shape index (κ1) is 17.7. The Bertz CT molecular complexity index is 693. The summed E-state index contributed by atoms with van der Waals surface area (Å²) in [6.45, 7) is 0.723. The molecule has 0 radical (unpaired) electrons. The standard InChI is InChI=1S/C16H22N4O4/c1-23-13-8-11-12(9-14(13)24-2)18-10-19-16(11)17-7-5-3-4-6-15(21)20-22/h8-10,22H,3-7H2,1-2H3,(H,20,21)(H,17,18,19). The molecule has 1 aromatic carbocycles. The molecule has 0 unspecified atom stereocenters. The maximum absolute atomic E-state index is 10.9. The van der Waals surface area contributed by atoms with E-state index >= 15 is 0 Å². The highest BCUT2D eigenvalue weighted by molar-refractivity contribution is 5.91. The molecule has 0 saturated carbocycles. The molecule has 0 aliphatic rings. The maximum atomic E-state index is 10.9. The molecule has 1 aromatic heterocycles. The van der Waals surface area contributed by atoms with Crippen molar-refractivity contribution in [2.45, 2.75) is 25.7 Å². The van der Waals surface area contributed by atoms with E-state index in [0.717, 1.165) is 42.5 Å². The Morgan fingerprint density at radius 2 is 1.88 bits per heavy atom. The van der Waals surface area contributed by atoms with Crippen LogP contribution in [0.2, 0.25) is 0 Å². The summed E-state index contributed by atoms with van der Waals surface area (Å²) in [6.07, 6.45) is 4.31. The van der Waals surface area contributed by atoms with Crippen LogP contribution in [0, 0.1) is 0 Å². The van der Waals surface area contributed by atoms with Gasteiger partial charge in [-0.2, -0.15) is 0 Å². The van der Waals surface area contributed by atoms with E-state index in [9.17, 15) is 4.79 Å². The van der Waals surface area contributed by atoms with Crippen molar-refractivity contribution < 1.29 is 19.5 Å². The number of hydrogen-bond acceptors (Lipinski definition) is 7. The number of ether oxygens (including phenoxy) is 2. The van der Waals surface area contributed by atoms with Gasteiger partial charge in [0.25, 0.3) is 0 Å². The topological polar surface area (TPSA) is 106 Å². The van der Waals surface area contributed by atoms with Crippen LogP contribution in [0.15, 0.2) is 18.5 Å².